The normalized spacial score (nSPS) is 13.4. The van der Waals surface area contributed by atoms with E-state index in [4.69, 9.17) is 0 Å². The van der Waals surface area contributed by atoms with Crippen molar-refractivity contribution in [3.05, 3.63) is 0 Å². The Morgan fingerprint density at radius 2 is 1.71 bits per heavy atom. The van der Waals surface area contributed by atoms with Crippen molar-refractivity contribution in [1.82, 2.24) is 0 Å². The lowest BCUT2D eigenvalue weighted by Crippen LogP contribution is -1.92. The van der Waals surface area contributed by atoms with Gasteiger partial charge in [0.05, 0.1) is 0 Å². The van der Waals surface area contributed by atoms with E-state index in [1.54, 1.807) is 0 Å². The summed E-state index contributed by atoms with van der Waals surface area (Å²) in [5.41, 5.74) is 0. The Morgan fingerprint density at radius 1 is 1.14 bits per heavy atom. The Kier molecular flexibility index (Phi) is 13.9. The minimum absolute atomic E-state index is 0.269. The molecule has 0 aliphatic rings. The summed E-state index contributed by atoms with van der Waals surface area (Å²) in [7, 11) is 0. The van der Waals surface area contributed by atoms with E-state index in [0.717, 1.165) is 38.3 Å². The van der Waals surface area contributed by atoms with Gasteiger partial charge in [0, 0.05) is 12.3 Å². The molecule has 0 N–H and O–H groups in total. The van der Waals surface area contributed by atoms with Crippen molar-refractivity contribution in [1.29, 1.82) is 0 Å². The van der Waals surface area contributed by atoms with Gasteiger partial charge >= 0.3 is 0 Å². The van der Waals surface area contributed by atoms with E-state index in [0.29, 0.717) is 5.92 Å². The average Bonchev–Trinajstić information content (AvgIpc) is 2.19. The van der Waals surface area contributed by atoms with Crippen LogP contribution in [-0.2, 0) is 9.59 Å². The van der Waals surface area contributed by atoms with E-state index in [9.17, 15) is 9.59 Å². The van der Waals surface area contributed by atoms with Gasteiger partial charge in [-0.05, 0) is 12.3 Å². The molecule has 0 aromatic heterocycles. The van der Waals surface area contributed by atoms with Crippen LogP contribution in [0.1, 0.15) is 53.4 Å². The summed E-state index contributed by atoms with van der Waals surface area (Å²) in [6.45, 7) is 8.19. The monoisotopic (exact) mass is 200 g/mol. The zero-order chi connectivity index (χ0) is 11.4. The van der Waals surface area contributed by atoms with Gasteiger partial charge in [-0.25, -0.2) is 0 Å². The second-order valence-corrected chi connectivity index (χ2v) is 3.82. The van der Waals surface area contributed by atoms with Gasteiger partial charge in [-0.15, -0.1) is 0 Å². The molecule has 0 saturated heterocycles. The zero-order valence-electron chi connectivity index (χ0n) is 9.95. The molecule has 0 aromatic carbocycles. The van der Waals surface area contributed by atoms with Gasteiger partial charge in [-0.2, -0.15) is 0 Å². The molecule has 0 bridgehead atoms. The smallest absolute Gasteiger partial charge is 0.122 e. The Balaban J connectivity index is 0. The molecule has 0 amide bonds. The number of aldehydes is 2. The summed E-state index contributed by atoms with van der Waals surface area (Å²) in [4.78, 5) is 19.7. The van der Waals surface area contributed by atoms with Gasteiger partial charge < -0.3 is 9.59 Å². The number of carbonyl (C=O) groups excluding carboxylic acids is 2. The number of carbonyl (C=O) groups is 2. The molecule has 0 saturated carbocycles. The zero-order valence-corrected chi connectivity index (χ0v) is 9.95. The minimum atomic E-state index is 0.269. The summed E-state index contributed by atoms with van der Waals surface area (Å²) >= 11 is 0. The van der Waals surface area contributed by atoms with Crippen molar-refractivity contribution < 1.29 is 9.59 Å². The molecule has 14 heavy (non-hydrogen) atoms. The van der Waals surface area contributed by atoms with E-state index in [2.05, 4.69) is 20.8 Å². The Morgan fingerprint density at radius 3 is 1.86 bits per heavy atom. The standard InChI is InChI=1S/2C6H12O/c1-3-6(2)4-5-7;1-3-4-6(2)5-7/h2*5-6H,3-4H2,1-2H3. The van der Waals surface area contributed by atoms with Crippen LogP contribution in [0.3, 0.4) is 0 Å². The van der Waals surface area contributed by atoms with Gasteiger partial charge in [0.25, 0.3) is 0 Å². The first-order valence-electron chi connectivity index (χ1n) is 5.51. The van der Waals surface area contributed by atoms with E-state index in [1.807, 2.05) is 6.92 Å². The van der Waals surface area contributed by atoms with E-state index in [-0.39, 0.29) is 5.92 Å². The second-order valence-electron chi connectivity index (χ2n) is 3.82. The fourth-order valence-corrected chi connectivity index (χ4v) is 0.854. The predicted octanol–water partition coefficient (Wildman–Crippen LogP) is 3.24. The molecule has 0 fully saturated rings. The van der Waals surface area contributed by atoms with Crippen molar-refractivity contribution in [2.45, 2.75) is 53.4 Å². The second kappa shape index (κ2) is 12.3. The Hall–Kier alpha value is -0.660. The molecule has 0 spiro atoms. The van der Waals surface area contributed by atoms with Crippen LogP contribution in [-0.4, -0.2) is 12.6 Å². The van der Waals surface area contributed by atoms with Gasteiger partial charge in [0.15, 0.2) is 0 Å². The van der Waals surface area contributed by atoms with Gasteiger partial charge in [0.2, 0.25) is 0 Å². The van der Waals surface area contributed by atoms with E-state index < -0.39 is 0 Å². The molecule has 0 aliphatic carbocycles. The molecule has 0 radical (unpaired) electrons. The maximum absolute atomic E-state index is 9.89. The van der Waals surface area contributed by atoms with Crippen molar-refractivity contribution in [2.24, 2.45) is 11.8 Å². The van der Waals surface area contributed by atoms with Crippen LogP contribution in [0.4, 0.5) is 0 Å². The van der Waals surface area contributed by atoms with Crippen LogP contribution >= 0.6 is 0 Å². The molecular formula is C12H24O2. The molecule has 2 nitrogen and oxygen atoms in total. The van der Waals surface area contributed by atoms with Crippen LogP contribution in [0, 0.1) is 11.8 Å². The van der Waals surface area contributed by atoms with Gasteiger partial charge in [-0.1, -0.05) is 40.5 Å². The molecule has 2 heteroatoms. The first-order chi connectivity index (χ1) is 6.62. The summed E-state index contributed by atoms with van der Waals surface area (Å²) in [6, 6.07) is 0. The summed E-state index contributed by atoms with van der Waals surface area (Å²) in [5.74, 6) is 0.850. The topological polar surface area (TPSA) is 34.1 Å². The van der Waals surface area contributed by atoms with Crippen LogP contribution in [0.25, 0.3) is 0 Å². The predicted molar refractivity (Wildman–Crippen MR) is 60.3 cm³/mol. The van der Waals surface area contributed by atoms with Gasteiger partial charge in [0.1, 0.15) is 12.6 Å². The highest BCUT2D eigenvalue weighted by Gasteiger charge is 1.93. The van der Waals surface area contributed by atoms with Crippen LogP contribution < -0.4 is 0 Å². The molecule has 2 atom stereocenters. The summed E-state index contributed by atoms with van der Waals surface area (Å²) in [5, 5.41) is 0. The number of hydrogen-bond acceptors (Lipinski definition) is 2. The van der Waals surface area contributed by atoms with Crippen molar-refractivity contribution in [3.63, 3.8) is 0 Å². The Labute approximate surface area is 88.1 Å². The van der Waals surface area contributed by atoms with Crippen LogP contribution in [0.15, 0.2) is 0 Å². The molecule has 0 aromatic rings. The van der Waals surface area contributed by atoms with Crippen LogP contribution in [0.5, 0.6) is 0 Å². The van der Waals surface area contributed by atoms with Crippen molar-refractivity contribution >= 4 is 12.6 Å². The number of hydrogen-bond donors (Lipinski definition) is 0. The molecule has 0 aliphatic heterocycles. The fraction of sp³-hybridized carbons (Fsp3) is 0.833. The lowest BCUT2D eigenvalue weighted by Gasteiger charge is -1.98. The first kappa shape index (κ1) is 15.8. The van der Waals surface area contributed by atoms with Crippen molar-refractivity contribution in [2.75, 3.05) is 0 Å². The minimum Gasteiger partial charge on any atom is -0.303 e. The first-order valence-corrected chi connectivity index (χ1v) is 5.51. The van der Waals surface area contributed by atoms with Crippen molar-refractivity contribution in [3.8, 4) is 0 Å². The Bertz CT molecular complexity index is 132. The van der Waals surface area contributed by atoms with Crippen LogP contribution in [0.2, 0.25) is 0 Å². The molecular weight excluding hydrogens is 176 g/mol. The van der Waals surface area contributed by atoms with E-state index in [1.165, 1.54) is 0 Å². The quantitative estimate of drug-likeness (QED) is 0.617. The number of rotatable bonds is 6. The fourth-order valence-electron chi connectivity index (χ4n) is 0.854. The maximum Gasteiger partial charge on any atom is 0.122 e. The highest BCUT2D eigenvalue weighted by atomic mass is 16.1. The SMILES string of the molecule is CCC(C)CC=O.CCCC(C)C=O. The molecule has 0 heterocycles. The lowest BCUT2D eigenvalue weighted by molar-refractivity contribution is -0.111. The maximum atomic E-state index is 9.89. The summed E-state index contributed by atoms with van der Waals surface area (Å²) in [6.07, 6.45) is 5.95. The molecule has 0 rings (SSSR count). The third-order valence-electron chi connectivity index (χ3n) is 2.17. The average molecular weight is 200 g/mol. The third kappa shape index (κ3) is 13.9. The largest absolute Gasteiger partial charge is 0.303 e. The highest BCUT2D eigenvalue weighted by Crippen LogP contribution is 2.01. The molecule has 2 unspecified atom stereocenters. The molecule has 84 valence electrons. The van der Waals surface area contributed by atoms with Gasteiger partial charge in [-0.3, -0.25) is 0 Å². The lowest BCUT2D eigenvalue weighted by atomic mass is 10.1. The third-order valence-corrected chi connectivity index (χ3v) is 2.17. The highest BCUT2D eigenvalue weighted by molar-refractivity contribution is 5.52. The summed E-state index contributed by atoms with van der Waals surface area (Å²) < 4.78 is 0. The van der Waals surface area contributed by atoms with E-state index >= 15 is 0 Å².